The van der Waals surface area contributed by atoms with Gasteiger partial charge in [0.25, 0.3) is 0 Å². The molecule has 2 rings (SSSR count). The molecule has 4 nitrogen and oxygen atoms in total. The van der Waals surface area contributed by atoms with Crippen molar-refractivity contribution in [3.8, 4) is 0 Å². The summed E-state index contributed by atoms with van der Waals surface area (Å²) in [5.41, 5.74) is 0. The van der Waals surface area contributed by atoms with Crippen LogP contribution in [-0.4, -0.2) is 35.0 Å². The first-order valence-corrected chi connectivity index (χ1v) is 5.09. The lowest BCUT2D eigenvalue weighted by Crippen LogP contribution is -2.30. The van der Waals surface area contributed by atoms with Gasteiger partial charge in [-0.2, -0.15) is 0 Å². The highest BCUT2D eigenvalue weighted by molar-refractivity contribution is 5.75. The molecule has 0 aromatic heterocycles. The second-order valence-corrected chi connectivity index (χ2v) is 4.28. The van der Waals surface area contributed by atoms with Gasteiger partial charge in [-0.25, -0.2) is 0 Å². The van der Waals surface area contributed by atoms with Gasteiger partial charge in [0.1, 0.15) is 0 Å². The van der Waals surface area contributed by atoms with Gasteiger partial charge in [-0.3, -0.25) is 9.59 Å². The molecule has 1 aliphatic heterocycles. The standard InChI is InChI=1S/C10H15NO3/c1-6(12)11-4-2-7-8(3-5-11)9(7)10(13)14/h7-9H,2-5H2,1H3,(H,13,14). The molecule has 1 N–H and O–H groups in total. The van der Waals surface area contributed by atoms with Crippen molar-refractivity contribution < 1.29 is 14.7 Å². The van der Waals surface area contributed by atoms with Crippen molar-refractivity contribution in [2.45, 2.75) is 19.8 Å². The third-order valence-corrected chi connectivity index (χ3v) is 3.53. The van der Waals surface area contributed by atoms with E-state index in [1.54, 1.807) is 6.92 Å². The Labute approximate surface area is 82.9 Å². The Kier molecular flexibility index (Phi) is 2.21. The van der Waals surface area contributed by atoms with Crippen molar-refractivity contribution in [2.75, 3.05) is 13.1 Å². The Balaban J connectivity index is 1.93. The van der Waals surface area contributed by atoms with Crippen LogP contribution in [0.25, 0.3) is 0 Å². The van der Waals surface area contributed by atoms with Crippen molar-refractivity contribution in [3.05, 3.63) is 0 Å². The van der Waals surface area contributed by atoms with E-state index in [2.05, 4.69) is 0 Å². The monoisotopic (exact) mass is 197 g/mol. The highest BCUT2D eigenvalue weighted by Crippen LogP contribution is 2.52. The number of likely N-dealkylation sites (tertiary alicyclic amines) is 1. The zero-order valence-electron chi connectivity index (χ0n) is 8.27. The van der Waals surface area contributed by atoms with E-state index < -0.39 is 5.97 Å². The summed E-state index contributed by atoms with van der Waals surface area (Å²) in [5, 5.41) is 8.87. The summed E-state index contributed by atoms with van der Waals surface area (Å²) in [6, 6.07) is 0. The van der Waals surface area contributed by atoms with Crippen LogP contribution in [0, 0.1) is 17.8 Å². The van der Waals surface area contributed by atoms with Crippen LogP contribution in [0.3, 0.4) is 0 Å². The number of carbonyl (C=O) groups is 2. The lowest BCUT2D eigenvalue weighted by atomic mass is 10.2. The number of aliphatic carboxylic acids is 1. The summed E-state index contributed by atoms with van der Waals surface area (Å²) in [6.45, 7) is 3.05. The maximum Gasteiger partial charge on any atom is 0.307 e. The Morgan fingerprint density at radius 2 is 1.71 bits per heavy atom. The number of rotatable bonds is 1. The fraction of sp³-hybridized carbons (Fsp3) is 0.800. The third kappa shape index (κ3) is 1.49. The highest BCUT2D eigenvalue weighted by Gasteiger charge is 2.55. The molecule has 0 aromatic rings. The molecule has 1 aliphatic carbocycles. The van der Waals surface area contributed by atoms with E-state index in [1.165, 1.54) is 0 Å². The van der Waals surface area contributed by atoms with E-state index in [-0.39, 0.29) is 11.8 Å². The minimum Gasteiger partial charge on any atom is -0.481 e. The zero-order chi connectivity index (χ0) is 10.3. The topological polar surface area (TPSA) is 57.6 Å². The molecule has 0 aromatic carbocycles. The Morgan fingerprint density at radius 1 is 1.21 bits per heavy atom. The lowest BCUT2D eigenvalue weighted by molar-refractivity contribution is -0.139. The lowest BCUT2D eigenvalue weighted by Gasteiger charge is -2.19. The predicted octanol–water partition coefficient (Wildman–Crippen LogP) is 0.575. The van der Waals surface area contributed by atoms with E-state index in [4.69, 9.17) is 5.11 Å². The maximum atomic E-state index is 11.1. The number of amides is 1. The van der Waals surface area contributed by atoms with Gasteiger partial charge in [0.2, 0.25) is 5.91 Å². The van der Waals surface area contributed by atoms with Gasteiger partial charge >= 0.3 is 5.97 Å². The number of fused-ring (bicyclic) bond motifs is 1. The van der Waals surface area contributed by atoms with Gasteiger partial charge in [0.05, 0.1) is 5.92 Å². The van der Waals surface area contributed by atoms with Crippen molar-refractivity contribution in [2.24, 2.45) is 17.8 Å². The Bertz CT molecular complexity index is 251. The van der Waals surface area contributed by atoms with Gasteiger partial charge in [-0.1, -0.05) is 0 Å². The highest BCUT2D eigenvalue weighted by atomic mass is 16.4. The molecule has 0 spiro atoms. The van der Waals surface area contributed by atoms with Crippen molar-refractivity contribution >= 4 is 11.9 Å². The van der Waals surface area contributed by atoms with Crippen molar-refractivity contribution in [1.82, 2.24) is 4.90 Å². The number of carboxylic acid groups (broad SMARTS) is 1. The SMILES string of the molecule is CC(=O)N1CCC2C(CC1)C2C(=O)O. The minimum atomic E-state index is -0.656. The van der Waals surface area contributed by atoms with Gasteiger partial charge in [-0.15, -0.1) is 0 Å². The first-order chi connectivity index (χ1) is 6.61. The first-order valence-electron chi connectivity index (χ1n) is 5.09. The molecular formula is C10H15NO3. The molecule has 2 unspecified atom stereocenters. The van der Waals surface area contributed by atoms with Crippen molar-refractivity contribution in [1.29, 1.82) is 0 Å². The average molecular weight is 197 g/mol. The summed E-state index contributed by atoms with van der Waals surface area (Å²) < 4.78 is 0. The summed E-state index contributed by atoms with van der Waals surface area (Å²) in [5.74, 6) is -0.00717. The van der Waals surface area contributed by atoms with E-state index in [0.717, 1.165) is 25.9 Å². The maximum absolute atomic E-state index is 11.1. The Hall–Kier alpha value is -1.06. The van der Waals surface area contributed by atoms with Gasteiger partial charge in [0.15, 0.2) is 0 Å². The quantitative estimate of drug-likeness (QED) is 0.668. The number of hydrogen-bond acceptors (Lipinski definition) is 2. The van der Waals surface area contributed by atoms with Crippen molar-refractivity contribution in [3.63, 3.8) is 0 Å². The summed E-state index contributed by atoms with van der Waals surface area (Å²) >= 11 is 0. The van der Waals surface area contributed by atoms with Crippen LogP contribution >= 0.6 is 0 Å². The summed E-state index contributed by atoms with van der Waals surface area (Å²) in [6.07, 6.45) is 1.72. The molecule has 0 bridgehead atoms. The first kappa shape index (κ1) is 9.49. The molecule has 1 heterocycles. The fourth-order valence-electron chi connectivity index (χ4n) is 2.64. The molecule has 2 fully saturated rings. The molecule has 0 radical (unpaired) electrons. The zero-order valence-corrected chi connectivity index (χ0v) is 8.27. The molecule has 1 amide bonds. The minimum absolute atomic E-state index is 0.109. The number of hydrogen-bond donors (Lipinski definition) is 1. The molecule has 2 atom stereocenters. The molecule has 1 saturated heterocycles. The van der Waals surface area contributed by atoms with Crippen LogP contribution in [0.4, 0.5) is 0 Å². The third-order valence-electron chi connectivity index (χ3n) is 3.53. The molecular weight excluding hydrogens is 182 g/mol. The van der Waals surface area contributed by atoms with Crippen LogP contribution in [0.5, 0.6) is 0 Å². The van der Waals surface area contributed by atoms with Crippen LogP contribution in [-0.2, 0) is 9.59 Å². The second-order valence-electron chi connectivity index (χ2n) is 4.28. The summed E-state index contributed by atoms with van der Waals surface area (Å²) in [4.78, 5) is 23.7. The fourth-order valence-corrected chi connectivity index (χ4v) is 2.64. The number of carboxylic acids is 1. The van der Waals surface area contributed by atoms with Gasteiger partial charge in [0, 0.05) is 20.0 Å². The molecule has 4 heteroatoms. The van der Waals surface area contributed by atoms with E-state index in [9.17, 15) is 9.59 Å². The molecule has 2 aliphatic rings. The molecule has 1 saturated carbocycles. The van der Waals surface area contributed by atoms with Crippen LogP contribution < -0.4 is 0 Å². The number of nitrogens with zero attached hydrogens (tertiary/aromatic N) is 1. The van der Waals surface area contributed by atoms with Crippen LogP contribution in [0.15, 0.2) is 0 Å². The van der Waals surface area contributed by atoms with Gasteiger partial charge in [-0.05, 0) is 24.7 Å². The Morgan fingerprint density at radius 3 is 2.07 bits per heavy atom. The molecule has 14 heavy (non-hydrogen) atoms. The van der Waals surface area contributed by atoms with E-state index in [0.29, 0.717) is 11.8 Å². The van der Waals surface area contributed by atoms with Crippen LogP contribution in [0.1, 0.15) is 19.8 Å². The number of carbonyl (C=O) groups excluding carboxylic acids is 1. The van der Waals surface area contributed by atoms with E-state index >= 15 is 0 Å². The second kappa shape index (κ2) is 3.26. The van der Waals surface area contributed by atoms with Crippen LogP contribution in [0.2, 0.25) is 0 Å². The summed E-state index contributed by atoms with van der Waals surface area (Å²) in [7, 11) is 0. The average Bonchev–Trinajstić information content (AvgIpc) is 2.75. The van der Waals surface area contributed by atoms with E-state index in [1.807, 2.05) is 4.90 Å². The van der Waals surface area contributed by atoms with Gasteiger partial charge < -0.3 is 10.0 Å². The predicted molar refractivity (Wildman–Crippen MR) is 49.6 cm³/mol. The molecule has 78 valence electrons. The normalized spacial score (nSPS) is 35.8. The largest absolute Gasteiger partial charge is 0.481 e. The smallest absolute Gasteiger partial charge is 0.307 e.